The number of hydrogen-bond donors (Lipinski definition) is 1. The number of nitrogens with one attached hydrogen (secondary N) is 1. The summed E-state index contributed by atoms with van der Waals surface area (Å²) in [6, 6.07) is 8.32. The van der Waals surface area contributed by atoms with Crippen LogP contribution in [0.1, 0.15) is 77.5 Å². The molecular formula is C24H37N3O. The second-order valence-corrected chi connectivity index (χ2v) is 7.78. The molecule has 0 saturated heterocycles. The Morgan fingerprint density at radius 1 is 1.04 bits per heavy atom. The monoisotopic (exact) mass is 383 g/mol. The third kappa shape index (κ3) is 7.14. The summed E-state index contributed by atoms with van der Waals surface area (Å²) in [6.45, 7) is 9.27. The standard InChI is InChI=1S/C24H37N3O/c1-4-5-6-7-8-9-10-11-14-19-27-22-16-13-12-15-21(22)26-23(27)17-18-25-24(28)20(2)3/h12-13,15-16H,2,4-11,14,17-19H2,1,3H3,(H,25,28). The van der Waals surface area contributed by atoms with Crippen LogP contribution in [0, 0.1) is 0 Å². The maximum absolute atomic E-state index is 11.7. The van der Waals surface area contributed by atoms with E-state index in [1.807, 2.05) is 6.07 Å². The molecule has 1 aromatic heterocycles. The normalized spacial score (nSPS) is 11.1. The number of para-hydroxylation sites is 2. The van der Waals surface area contributed by atoms with Gasteiger partial charge in [-0.05, 0) is 25.5 Å². The Labute approximate surface area is 170 Å². The lowest BCUT2D eigenvalue weighted by Crippen LogP contribution is -2.26. The minimum Gasteiger partial charge on any atom is -0.352 e. The van der Waals surface area contributed by atoms with Crippen LogP contribution in [0.4, 0.5) is 0 Å². The largest absolute Gasteiger partial charge is 0.352 e. The summed E-state index contributed by atoms with van der Waals surface area (Å²) >= 11 is 0. The van der Waals surface area contributed by atoms with E-state index < -0.39 is 0 Å². The first kappa shape index (κ1) is 22.2. The Kier molecular flexibility index (Phi) is 9.81. The van der Waals surface area contributed by atoms with Gasteiger partial charge in [-0.1, -0.05) is 77.0 Å². The van der Waals surface area contributed by atoms with E-state index in [4.69, 9.17) is 4.98 Å². The summed E-state index contributed by atoms with van der Waals surface area (Å²) in [7, 11) is 0. The quantitative estimate of drug-likeness (QED) is 0.331. The molecule has 0 aliphatic rings. The van der Waals surface area contributed by atoms with Crippen molar-refractivity contribution in [3.05, 3.63) is 42.2 Å². The number of unbranched alkanes of at least 4 members (excludes halogenated alkanes) is 8. The SMILES string of the molecule is C=C(C)C(=O)NCCc1nc2ccccc2n1CCCCCCCCCCC. The van der Waals surface area contributed by atoms with Gasteiger partial charge in [0.25, 0.3) is 0 Å². The van der Waals surface area contributed by atoms with E-state index >= 15 is 0 Å². The lowest BCUT2D eigenvalue weighted by Gasteiger charge is -2.10. The average molecular weight is 384 g/mol. The molecule has 0 unspecified atom stereocenters. The van der Waals surface area contributed by atoms with E-state index in [0.717, 1.165) is 24.3 Å². The Bertz CT molecular complexity index is 747. The minimum atomic E-state index is -0.0819. The molecule has 1 N–H and O–H groups in total. The minimum absolute atomic E-state index is 0.0819. The maximum Gasteiger partial charge on any atom is 0.246 e. The summed E-state index contributed by atoms with van der Waals surface area (Å²) in [5, 5.41) is 2.92. The van der Waals surface area contributed by atoms with Crippen LogP contribution in [-0.2, 0) is 17.8 Å². The molecule has 0 aliphatic heterocycles. The highest BCUT2D eigenvalue weighted by molar-refractivity contribution is 5.92. The van der Waals surface area contributed by atoms with Gasteiger partial charge in [0, 0.05) is 25.1 Å². The van der Waals surface area contributed by atoms with Gasteiger partial charge in [0.2, 0.25) is 5.91 Å². The van der Waals surface area contributed by atoms with Crippen LogP contribution in [0.5, 0.6) is 0 Å². The molecule has 4 nitrogen and oxygen atoms in total. The molecule has 28 heavy (non-hydrogen) atoms. The zero-order valence-corrected chi connectivity index (χ0v) is 17.8. The smallest absolute Gasteiger partial charge is 0.246 e. The Hall–Kier alpha value is -2.10. The molecule has 2 aromatic rings. The molecule has 4 heteroatoms. The fourth-order valence-electron chi connectivity index (χ4n) is 3.59. The van der Waals surface area contributed by atoms with Crippen molar-refractivity contribution in [2.24, 2.45) is 0 Å². The van der Waals surface area contributed by atoms with Crippen LogP contribution in [0.25, 0.3) is 11.0 Å². The highest BCUT2D eigenvalue weighted by Crippen LogP contribution is 2.18. The van der Waals surface area contributed by atoms with Gasteiger partial charge in [-0.3, -0.25) is 4.79 Å². The average Bonchev–Trinajstić information content (AvgIpc) is 3.04. The number of carbonyl (C=O) groups is 1. The predicted octanol–water partition coefficient (Wildman–Crippen LogP) is 5.80. The molecule has 2 rings (SSSR count). The molecule has 1 amide bonds. The van der Waals surface area contributed by atoms with Crippen LogP contribution in [0.3, 0.4) is 0 Å². The highest BCUT2D eigenvalue weighted by atomic mass is 16.1. The van der Waals surface area contributed by atoms with Gasteiger partial charge >= 0.3 is 0 Å². The zero-order chi connectivity index (χ0) is 20.2. The molecule has 154 valence electrons. The number of hydrogen-bond acceptors (Lipinski definition) is 2. The molecule has 1 heterocycles. The van der Waals surface area contributed by atoms with E-state index in [9.17, 15) is 4.79 Å². The molecule has 0 atom stereocenters. The topological polar surface area (TPSA) is 46.9 Å². The van der Waals surface area contributed by atoms with Crippen molar-refractivity contribution in [2.75, 3.05) is 6.54 Å². The van der Waals surface area contributed by atoms with E-state index in [2.05, 4.69) is 41.6 Å². The summed E-state index contributed by atoms with van der Waals surface area (Å²) < 4.78 is 2.34. The maximum atomic E-state index is 11.7. The van der Waals surface area contributed by atoms with Crippen molar-refractivity contribution in [1.82, 2.24) is 14.9 Å². The first-order chi connectivity index (χ1) is 13.6. The first-order valence-electron chi connectivity index (χ1n) is 11.0. The number of fused-ring (bicyclic) bond motifs is 1. The second kappa shape index (κ2) is 12.4. The fourth-order valence-corrected chi connectivity index (χ4v) is 3.59. The van der Waals surface area contributed by atoms with Crippen LogP contribution in [0.15, 0.2) is 36.4 Å². The van der Waals surface area contributed by atoms with Crippen molar-refractivity contribution < 1.29 is 4.79 Å². The number of amides is 1. The Morgan fingerprint density at radius 2 is 1.68 bits per heavy atom. The van der Waals surface area contributed by atoms with E-state index in [1.165, 1.54) is 63.3 Å². The highest BCUT2D eigenvalue weighted by Gasteiger charge is 2.10. The number of imidazole rings is 1. The van der Waals surface area contributed by atoms with Crippen LogP contribution >= 0.6 is 0 Å². The molecule has 0 radical (unpaired) electrons. The Morgan fingerprint density at radius 3 is 2.36 bits per heavy atom. The number of nitrogens with zero attached hydrogens (tertiary/aromatic N) is 2. The lowest BCUT2D eigenvalue weighted by molar-refractivity contribution is -0.117. The summed E-state index contributed by atoms with van der Waals surface area (Å²) in [5.41, 5.74) is 2.78. The van der Waals surface area contributed by atoms with Crippen LogP contribution in [0.2, 0.25) is 0 Å². The van der Waals surface area contributed by atoms with Gasteiger partial charge < -0.3 is 9.88 Å². The Balaban J connectivity index is 1.82. The molecule has 0 saturated carbocycles. The van der Waals surface area contributed by atoms with Crippen molar-refractivity contribution in [3.8, 4) is 0 Å². The van der Waals surface area contributed by atoms with Gasteiger partial charge in [-0.25, -0.2) is 4.98 Å². The number of aryl methyl sites for hydroxylation is 1. The first-order valence-corrected chi connectivity index (χ1v) is 11.0. The van der Waals surface area contributed by atoms with Gasteiger partial charge in [0.1, 0.15) is 5.82 Å². The van der Waals surface area contributed by atoms with Gasteiger partial charge in [0.05, 0.1) is 11.0 Å². The van der Waals surface area contributed by atoms with E-state index in [0.29, 0.717) is 12.1 Å². The van der Waals surface area contributed by atoms with Crippen LogP contribution < -0.4 is 5.32 Å². The lowest BCUT2D eigenvalue weighted by atomic mass is 10.1. The third-order valence-electron chi connectivity index (χ3n) is 5.24. The summed E-state index contributed by atoms with van der Waals surface area (Å²) in [4.78, 5) is 16.5. The summed E-state index contributed by atoms with van der Waals surface area (Å²) in [6.07, 6.45) is 12.7. The van der Waals surface area contributed by atoms with Crippen molar-refractivity contribution >= 4 is 16.9 Å². The predicted molar refractivity (Wildman–Crippen MR) is 118 cm³/mol. The molecule has 0 spiro atoms. The third-order valence-corrected chi connectivity index (χ3v) is 5.24. The molecular weight excluding hydrogens is 346 g/mol. The van der Waals surface area contributed by atoms with Crippen molar-refractivity contribution in [2.45, 2.75) is 84.6 Å². The number of carbonyl (C=O) groups excluding carboxylic acids is 1. The fraction of sp³-hybridized carbons (Fsp3) is 0.583. The summed E-state index contributed by atoms with van der Waals surface area (Å²) in [5.74, 6) is 0.976. The number of aromatic nitrogens is 2. The zero-order valence-electron chi connectivity index (χ0n) is 17.8. The van der Waals surface area contributed by atoms with Gasteiger partial charge in [0.15, 0.2) is 0 Å². The van der Waals surface area contributed by atoms with Crippen LogP contribution in [-0.4, -0.2) is 22.0 Å². The van der Waals surface area contributed by atoms with Crippen molar-refractivity contribution in [1.29, 1.82) is 0 Å². The van der Waals surface area contributed by atoms with E-state index in [-0.39, 0.29) is 5.91 Å². The molecule has 0 aliphatic carbocycles. The molecule has 0 fully saturated rings. The molecule has 1 aromatic carbocycles. The number of benzene rings is 1. The van der Waals surface area contributed by atoms with Gasteiger partial charge in [-0.15, -0.1) is 0 Å². The molecule has 0 bridgehead atoms. The number of rotatable bonds is 14. The van der Waals surface area contributed by atoms with Gasteiger partial charge in [-0.2, -0.15) is 0 Å². The van der Waals surface area contributed by atoms with E-state index in [1.54, 1.807) is 6.92 Å². The second-order valence-electron chi connectivity index (χ2n) is 7.78. The van der Waals surface area contributed by atoms with Crippen molar-refractivity contribution in [3.63, 3.8) is 0 Å².